The lowest BCUT2D eigenvalue weighted by Crippen LogP contribution is -2.31. The van der Waals surface area contributed by atoms with E-state index in [9.17, 15) is 14.9 Å². The van der Waals surface area contributed by atoms with Gasteiger partial charge in [0.2, 0.25) is 0 Å². The van der Waals surface area contributed by atoms with Crippen LogP contribution in [0, 0.1) is 10.1 Å². The molecular formula is C21H19ClN4O4. The van der Waals surface area contributed by atoms with E-state index in [2.05, 4.69) is 10.2 Å². The Morgan fingerprint density at radius 2 is 2.03 bits per heavy atom. The molecule has 2 aromatic carbocycles. The molecule has 1 atom stereocenters. The molecule has 0 fully saturated rings. The number of non-ortho nitro benzene ring substituents is 1. The van der Waals surface area contributed by atoms with Gasteiger partial charge in [0.1, 0.15) is 5.69 Å². The van der Waals surface area contributed by atoms with Crippen molar-refractivity contribution < 1.29 is 14.5 Å². The van der Waals surface area contributed by atoms with E-state index in [1.165, 1.54) is 12.1 Å². The van der Waals surface area contributed by atoms with Crippen molar-refractivity contribution in [2.24, 2.45) is 0 Å². The largest absolute Gasteiger partial charge is 0.385 e. The maximum atomic E-state index is 13.2. The number of fused-ring (bicyclic) bond motifs is 1. The van der Waals surface area contributed by atoms with Crippen molar-refractivity contribution in [3.05, 3.63) is 80.5 Å². The zero-order valence-electron chi connectivity index (χ0n) is 16.2. The monoisotopic (exact) mass is 426 g/mol. The fraction of sp³-hybridized carbons (Fsp3) is 0.238. The summed E-state index contributed by atoms with van der Waals surface area (Å²) in [5, 5.41) is 19.2. The first-order valence-corrected chi connectivity index (χ1v) is 9.77. The number of nitro benzene ring substituents is 1. The molecule has 0 saturated carbocycles. The van der Waals surface area contributed by atoms with Crippen LogP contribution in [0.25, 0.3) is 11.3 Å². The Labute approximate surface area is 177 Å². The highest BCUT2D eigenvalue weighted by Crippen LogP contribution is 2.43. The predicted octanol–water partition coefficient (Wildman–Crippen LogP) is 4.22. The highest BCUT2D eigenvalue weighted by atomic mass is 35.5. The van der Waals surface area contributed by atoms with Gasteiger partial charge in [-0.1, -0.05) is 35.9 Å². The van der Waals surface area contributed by atoms with E-state index in [4.69, 9.17) is 16.3 Å². The number of nitrogens with zero attached hydrogens (tertiary/aromatic N) is 3. The molecule has 0 radical (unpaired) electrons. The van der Waals surface area contributed by atoms with Gasteiger partial charge in [0.15, 0.2) is 0 Å². The Hall–Kier alpha value is -3.23. The van der Waals surface area contributed by atoms with E-state index in [0.717, 1.165) is 5.56 Å². The molecule has 154 valence electrons. The van der Waals surface area contributed by atoms with Crippen LogP contribution in [0.4, 0.5) is 5.69 Å². The highest BCUT2D eigenvalue weighted by molar-refractivity contribution is 6.30. The molecule has 1 aliphatic heterocycles. The maximum Gasteiger partial charge on any atom is 0.273 e. The zero-order chi connectivity index (χ0) is 21.3. The van der Waals surface area contributed by atoms with Gasteiger partial charge in [-0.25, -0.2) is 0 Å². The third-order valence-corrected chi connectivity index (χ3v) is 5.38. The Kier molecular flexibility index (Phi) is 5.52. The number of aromatic amines is 1. The van der Waals surface area contributed by atoms with Crippen LogP contribution in [-0.2, 0) is 4.74 Å². The number of carbonyl (C=O) groups excluding carboxylic acids is 1. The first kappa shape index (κ1) is 20.1. The number of ether oxygens (including phenoxy) is 1. The minimum Gasteiger partial charge on any atom is -0.385 e. The molecule has 0 saturated heterocycles. The highest BCUT2D eigenvalue weighted by Gasteiger charge is 2.42. The van der Waals surface area contributed by atoms with Crippen LogP contribution in [0.5, 0.6) is 0 Å². The second-order valence-electron chi connectivity index (χ2n) is 6.97. The summed E-state index contributed by atoms with van der Waals surface area (Å²) in [6, 6.07) is 13.1. The molecule has 8 nitrogen and oxygen atoms in total. The minimum absolute atomic E-state index is 0.0261. The van der Waals surface area contributed by atoms with Gasteiger partial charge in [-0.05, 0) is 24.1 Å². The van der Waals surface area contributed by atoms with E-state index in [-0.39, 0.29) is 11.6 Å². The quantitative estimate of drug-likeness (QED) is 0.346. The number of halogens is 1. The first-order valence-electron chi connectivity index (χ1n) is 9.39. The third-order valence-electron chi connectivity index (χ3n) is 5.13. The standard InChI is InChI=1S/C21H19ClN4O4/c1-30-11-3-10-25-20(14-4-2-5-16(12-14)26(28)29)17-18(23-24-19(17)21(25)27)13-6-8-15(22)9-7-13/h2,4-9,12,20H,3,10-11H2,1H3,(H,23,24). The Bertz CT molecular complexity index is 1100. The van der Waals surface area contributed by atoms with Gasteiger partial charge in [0.25, 0.3) is 11.6 Å². The Morgan fingerprint density at radius 3 is 2.73 bits per heavy atom. The third kappa shape index (κ3) is 3.55. The van der Waals surface area contributed by atoms with Crippen molar-refractivity contribution in [1.82, 2.24) is 15.1 Å². The molecule has 1 aromatic heterocycles. The van der Waals surface area contributed by atoms with Crippen molar-refractivity contribution in [3.63, 3.8) is 0 Å². The van der Waals surface area contributed by atoms with E-state index < -0.39 is 11.0 Å². The number of benzene rings is 2. The van der Waals surface area contributed by atoms with Gasteiger partial charge in [0.05, 0.1) is 16.7 Å². The molecule has 2 heterocycles. The summed E-state index contributed by atoms with van der Waals surface area (Å²) in [6.45, 7) is 0.949. The lowest BCUT2D eigenvalue weighted by molar-refractivity contribution is -0.384. The van der Waals surface area contributed by atoms with Crippen LogP contribution >= 0.6 is 11.6 Å². The summed E-state index contributed by atoms with van der Waals surface area (Å²) in [5.74, 6) is -0.190. The van der Waals surface area contributed by atoms with Gasteiger partial charge in [-0.3, -0.25) is 20.0 Å². The topological polar surface area (TPSA) is 101 Å². The maximum absolute atomic E-state index is 13.2. The molecule has 1 unspecified atom stereocenters. The molecule has 0 spiro atoms. The van der Waals surface area contributed by atoms with Crippen LogP contribution in [0.2, 0.25) is 5.02 Å². The van der Waals surface area contributed by atoms with E-state index in [1.54, 1.807) is 36.3 Å². The van der Waals surface area contributed by atoms with Gasteiger partial charge in [0, 0.05) is 48.5 Å². The molecule has 1 amide bonds. The van der Waals surface area contributed by atoms with Gasteiger partial charge in [-0.2, -0.15) is 5.10 Å². The normalized spacial score (nSPS) is 15.5. The Morgan fingerprint density at radius 1 is 1.27 bits per heavy atom. The SMILES string of the molecule is COCCCN1C(=O)c2[nH]nc(-c3ccc(Cl)cc3)c2C1c1cccc([N+](=O)[O-])c1. The summed E-state index contributed by atoms with van der Waals surface area (Å²) < 4.78 is 5.13. The number of hydrogen-bond donors (Lipinski definition) is 1. The van der Waals surface area contributed by atoms with Crippen molar-refractivity contribution in [2.75, 3.05) is 20.3 Å². The number of rotatable bonds is 7. The minimum atomic E-state index is -0.492. The lowest BCUT2D eigenvalue weighted by atomic mass is 9.95. The summed E-state index contributed by atoms with van der Waals surface area (Å²) in [6.07, 6.45) is 0.641. The van der Waals surface area contributed by atoms with Crippen molar-refractivity contribution in [3.8, 4) is 11.3 Å². The number of aromatic nitrogens is 2. The van der Waals surface area contributed by atoms with Crippen molar-refractivity contribution >= 4 is 23.2 Å². The van der Waals surface area contributed by atoms with Crippen LogP contribution in [0.15, 0.2) is 48.5 Å². The van der Waals surface area contributed by atoms with Crippen LogP contribution in [0.1, 0.15) is 34.1 Å². The summed E-state index contributed by atoms with van der Waals surface area (Å²) in [7, 11) is 1.61. The number of carbonyl (C=O) groups is 1. The molecule has 0 bridgehead atoms. The number of methoxy groups -OCH3 is 1. The first-order chi connectivity index (χ1) is 14.5. The molecule has 3 aromatic rings. The van der Waals surface area contributed by atoms with E-state index >= 15 is 0 Å². The zero-order valence-corrected chi connectivity index (χ0v) is 16.9. The van der Waals surface area contributed by atoms with Crippen molar-refractivity contribution in [2.45, 2.75) is 12.5 Å². The predicted molar refractivity (Wildman–Crippen MR) is 112 cm³/mol. The average Bonchev–Trinajstić information content (AvgIpc) is 3.28. The molecule has 30 heavy (non-hydrogen) atoms. The number of nitro groups is 1. The number of hydrogen-bond acceptors (Lipinski definition) is 5. The molecule has 9 heteroatoms. The fourth-order valence-electron chi connectivity index (χ4n) is 3.79. The van der Waals surface area contributed by atoms with Gasteiger partial charge >= 0.3 is 0 Å². The van der Waals surface area contributed by atoms with Crippen LogP contribution in [0.3, 0.4) is 0 Å². The number of nitrogens with one attached hydrogen (secondary N) is 1. The second-order valence-corrected chi connectivity index (χ2v) is 7.40. The average molecular weight is 427 g/mol. The lowest BCUT2D eigenvalue weighted by Gasteiger charge is -2.26. The number of H-pyrrole nitrogens is 1. The fourth-order valence-corrected chi connectivity index (χ4v) is 3.92. The van der Waals surface area contributed by atoms with Gasteiger partial charge in [-0.15, -0.1) is 0 Å². The van der Waals surface area contributed by atoms with Gasteiger partial charge < -0.3 is 9.64 Å². The molecule has 4 rings (SSSR count). The molecule has 0 aliphatic carbocycles. The smallest absolute Gasteiger partial charge is 0.273 e. The van der Waals surface area contributed by atoms with Crippen LogP contribution in [-0.4, -0.2) is 46.2 Å². The van der Waals surface area contributed by atoms with E-state index in [1.807, 2.05) is 12.1 Å². The summed E-state index contributed by atoms with van der Waals surface area (Å²) >= 11 is 6.01. The second kappa shape index (κ2) is 8.25. The summed E-state index contributed by atoms with van der Waals surface area (Å²) in [5.41, 5.74) is 3.17. The van der Waals surface area contributed by atoms with Crippen molar-refractivity contribution in [1.29, 1.82) is 0 Å². The Balaban J connectivity index is 1.83. The number of amides is 1. The van der Waals surface area contributed by atoms with Crippen LogP contribution < -0.4 is 0 Å². The molecule has 1 N–H and O–H groups in total. The molecular weight excluding hydrogens is 408 g/mol. The van der Waals surface area contributed by atoms with E-state index in [0.29, 0.717) is 47.1 Å². The summed E-state index contributed by atoms with van der Waals surface area (Å²) in [4.78, 5) is 25.7. The molecule has 1 aliphatic rings.